The van der Waals surface area contributed by atoms with Crippen molar-refractivity contribution >= 4 is 34.7 Å². The molecule has 0 bridgehead atoms. The van der Waals surface area contributed by atoms with Gasteiger partial charge in [0.2, 0.25) is 0 Å². The van der Waals surface area contributed by atoms with Crippen molar-refractivity contribution in [3.63, 3.8) is 0 Å². The number of carbonyl (C=O) groups excluding carboxylic acids is 2. The van der Waals surface area contributed by atoms with Crippen LogP contribution in [0.5, 0.6) is 11.5 Å². The number of rotatable bonds is 5. The molecule has 0 amide bonds. The lowest BCUT2D eigenvalue weighted by Crippen LogP contribution is -2.10. The Labute approximate surface area is 143 Å². The summed E-state index contributed by atoms with van der Waals surface area (Å²) in [6, 6.07) is 3.92. The number of methoxy groups -OCH3 is 1. The maximum atomic E-state index is 12.8. The zero-order valence-corrected chi connectivity index (χ0v) is 13.7. The van der Waals surface area contributed by atoms with E-state index in [4.69, 9.17) is 16.3 Å². The van der Waals surface area contributed by atoms with Crippen LogP contribution in [0.3, 0.4) is 0 Å². The minimum atomic E-state index is -4.61. The van der Waals surface area contributed by atoms with E-state index in [9.17, 15) is 22.8 Å². The normalized spacial score (nSPS) is 11.2. The Bertz CT molecular complexity index is 770. The highest BCUT2D eigenvalue weighted by Crippen LogP contribution is 2.36. The predicted octanol–water partition coefficient (Wildman–Crippen LogP) is 4.77. The van der Waals surface area contributed by atoms with E-state index in [1.54, 1.807) is 5.38 Å². The van der Waals surface area contributed by atoms with E-state index in [0.29, 0.717) is 6.07 Å². The summed E-state index contributed by atoms with van der Waals surface area (Å²) in [5, 5.41) is 1.55. The van der Waals surface area contributed by atoms with E-state index in [1.807, 2.05) is 0 Å². The summed E-state index contributed by atoms with van der Waals surface area (Å²) >= 11 is 6.49. The van der Waals surface area contributed by atoms with Gasteiger partial charge in [-0.25, -0.2) is 4.79 Å². The van der Waals surface area contributed by atoms with Gasteiger partial charge < -0.3 is 9.47 Å². The van der Waals surface area contributed by atoms with Crippen LogP contribution in [0.1, 0.15) is 25.6 Å². The number of thiophene rings is 1. The van der Waals surface area contributed by atoms with Crippen LogP contribution in [0.2, 0.25) is 0 Å². The minimum absolute atomic E-state index is 0.0789. The average molecular weight is 379 g/mol. The zero-order chi connectivity index (χ0) is 17.9. The van der Waals surface area contributed by atoms with Gasteiger partial charge in [0.25, 0.3) is 0 Å². The molecule has 1 aromatic heterocycles. The van der Waals surface area contributed by atoms with E-state index in [-0.39, 0.29) is 21.9 Å². The molecule has 9 heteroatoms. The number of ether oxygens (including phenoxy) is 2. The SMILES string of the molecule is COC(=O)c1sccc1Oc1ccc(C(F)(F)F)cc1C(=O)CCl. The fraction of sp³-hybridized carbons (Fsp3) is 0.200. The molecule has 128 valence electrons. The fourth-order valence-corrected chi connectivity index (χ4v) is 2.70. The Kier molecular flexibility index (Phi) is 5.51. The third-order valence-electron chi connectivity index (χ3n) is 2.95. The summed E-state index contributed by atoms with van der Waals surface area (Å²) in [4.78, 5) is 23.6. The molecule has 4 nitrogen and oxygen atoms in total. The van der Waals surface area contributed by atoms with Gasteiger partial charge in [0.15, 0.2) is 16.4 Å². The molecule has 0 aliphatic heterocycles. The van der Waals surface area contributed by atoms with Crippen LogP contribution in [0.15, 0.2) is 29.6 Å². The molecule has 0 saturated heterocycles. The molecule has 1 heterocycles. The summed E-state index contributed by atoms with van der Waals surface area (Å²) < 4.78 is 48.5. The van der Waals surface area contributed by atoms with Crippen molar-refractivity contribution in [2.45, 2.75) is 6.18 Å². The van der Waals surface area contributed by atoms with Gasteiger partial charge in [-0.05, 0) is 29.6 Å². The van der Waals surface area contributed by atoms with Gasteiger partial charge >= 0.3 is 12.1 Å². The van der Waals surface area contributed by atoms with Crippen molar-refractivity contribution in [2.24, 2.45) is 0 Å². The molecule has 1 aromatic carbocycles. The first kappa shape index (κ1) is 18.3. The number of esters is 1. The number of alkyl halides is 4. The second kappa shape index (κ2) is 7.23. The maximum absolute atomic E-state index is 12.8. The summed E-state index contributed by atoms with van der Waals surface area (Å²) in [5.41, 5.74) is -1.32. The Hall–Kier alpha value is -2.06. The number of hydrogen-bond donors (Lipinski definition) is 0. The molecule has 0 aliphatic carbocycles. The van der Waals surface area contributed by atoms with Gasteiger partial charge in [0, 0.05) is 0 Å². The number of benzene rings is 1. The molecule has 0 N–H and O–H groups in total. The fourth-order valence-electron chi connectivity index (χ4n) is 1.82. The van der Waals surface area contributed by atoms with Crippen LogP contribution >= 0.6 is 22.9 Å². The topological polar surface area (TPSA) is 52.6 Å². The molecular weight excluding hydrogens is 369 g/mol. The molecule has 2 rings (SSSR count). The molecule has 0 saturated carbocycles. The van der Waals surface area contributed by atoms with Gasteiger partial charge in [-0.2, -0.15) is 13.2 Å². The highest BCUT2D eigenvalue weighted by atomic mass is 35.5. The Morgan fingerprint density at radius 3 is 2.50 bits per heavy atom. The van der Waals surface area contributed by atoms with Crippen LogP contribution < -0.4 is 4.74 Å². The minimum Gasteiger partial charge on any atom is -0.465 e. The number of halogens is 4. The third kappa shape index (κ3) is 3.88. The first-order chi connectivity index (χ1) is 11.3. The lowest BCUT2D eigenvalue weighted by Gasteiger charge is -2.13. The number of hydrogen-bond acceptors (Lipinski definition) is 5. The summed E-state index contributed by atoms with van der Waals surface area (Å²) in [7, 11) is 1.19. The highest BCUT2D eigenvalue weighted by molar-refractivity contribution is 7.12. The lowest BCUT2D eigenvalue weighted by molar-refractivity contribution is -0.137. The molecule has 2 aromatic rings. The molecule has 0 fully saturated rings. The smallest absolute Gasteiger partial charge is 0.416 e. The van der Waals surface area contributed by atoms with Crippen molar-refractivity contribution in [3.8, 4) is 11.5 Å². The quantitative estimate of drug-likeness (QED) is 0.427. The standard InChI is InChI=1S/C15H10ClF3O4S/c1-22-14(21)13-12(4-5-24-13)23-11-3-2-8(15(17,18)19)6-9(11)10(20)7-16/h2-6H,7H2,1H3. The zero-order valence-electron chi connectivity index (χ0n) is 12.1. The van der Waals surface area contributed by atoms with E-state index >= 15 is 0 Å². The first-order valence-corrected chi connectivity index (χ1v) is 7.83. The third-order valence-corrected chi connectivity index (χ3v) is 4.07. The van der Waals surface area contributed by atoms with E-state index in [0.717, 1.165) is 23.5 Å². The van der Waals surface area contributed by atoms with Crippen molar-refractivity contribution in [1.82, 2.24) is 0 Å². The summed E-state index contributed by atoms with van der Waals surface area (Å²) in [6.07, 6.45) is -4.61. The van der Waals surface area contributed by atoms with Gasteiger partial charge in [-0.15, -0.1) is 22.9 Å². The summed E-state index contributed by atoms with van der Waals surface area (Å²) in [6.45, 7) is 0. The lowest BCUT2D eigenvalue weighted by atomic mass is 10.1. The van der Waals surface area contributed by atoms with Crippen LogP contribution in [-0.4, -0.2) is 24.7 Å². The highest BCUT2D eigenvalue weighted by Gasteiger charge is 2.32. The molecule has 0 unspecified atom stereocenters. The van der Waals surface area contributed by atoms with Gasteiger partial charge in [-0.1, -0.05) is 0 Å². The monoisotopic (exact) mass is 378 g/mol. The molecule has 24 heavy (non-hydrogen) atoms. The van der Waals surface area contributed by atoms with Crippen molar-refractivity contribution in [1.29, 1.82) is 0 Å². The number of carbonyl (C=O) groups is 2. The second-order valence-corrected chi connectivity index (χ2v) is 5.66. The molecule has 0 aliphatic rings. The van der Waals surface area contributed by atoms with Gasteiger partial charge in [0.1, 0.15) is 5.75 Å². The average Bonchev–Trinajstić information content (AvgIpc) is 3.00. The van der Waals surface area contributed by atoms with Gasteiger partial charge in [0.05, 0.1) is 24.1 Å². The van der Waals surface area contributed by atoms with Crippen LogP contribution in [0, 0.1) is 0 Å². The Morgan fingerprint density at radius 1 is 1.21 bits per heavy atom. The Morgan fingerprint density at radius 2 is 1.92 bits per heavy atom. The van der Waals surface area contributed by atoms with Crippen molar-refractivity contribution in [3.05, 3.63) is 45.6 Å². The number of Topliss-reactive ketones (excluding diaryl/α,β-unsaturated/α-hetero) is 1. The van der Waals surface area contributed by atoms with E-state index in [1.165, 1.54) is 13.2 Å². The van der Waals surface area contributed by atoms with E-state index < -0.39 is 29.4 Å². The Balaban J connectivity index is 2.45. The van der Waals surface area contributed by atoms with Crippen molar-refractivity contribution in [2.75, 3.05) is 13.0 Å². The van der Waals surface area contributed by atoms with E-state index in [2.05, 4.69) is 4.74 Å². The van der Waals surface area contributed by atoms with Gasteiger partial charge in [-0.3, -0.25) is 4.79 Å². The first-order valence-electron chi connectivity index (χ1n) is 6.42. The molecule has 0 radical (unpaired) electrons. The maximum Gasteiger partial charge on any atom is 0.416 e. The van der Waals surface area contributed by atoms with Crippen LogP contribution in [0.25, 0.3) is 0 Å². The molecule has 0 spiro atoms. The number of ketones is 1. The largest absolute Gasteiger partial charge is 0.465 e. The predicted molar refractivity (Wildman–Crippen MR) is 82.2 cm³/mol. The second-order valence-electron chi connectivity index (χ2n) is 4.47. The van der Waals surface area contributed by atoms with Crippen molar-refractivity contribution < 1.29 is 32.2 Å². The molecule has 0 atom stereocenters. The van der Waals surface area contributed by atoms with Crippen LogP contribution in [-0.2, 0) is 10.9 Å². The van der Waals surface area contributed by atoms with Crippen LogP contribution in [0.4, 0.5) is 13.2 Å². The molecular formula is C15H10ClF3O4S. The summed E-state index contributed by atoms with van der Waals surface area (Å²) in [5.74, 6) is -1.94.